The number of nitrogens with one attached hydrogen (secondary N) is 2. The number of rotatable bonds is 13. The Morgan fingerprint density at radius 1 is 0.538 bits per heavy atom. The van der Waals surface area contributed by atoms with Gasteiger partial charge in [0.05, 0.1) is 65.7 Å². The van der Waals surface area contributed by atoms with E-state index in [-0.39, 0.29) is 0 Å². The lowest BCUT2D eigenvalue weighted by Gasteiger charge is -2.17. The number of carbonyl (C=O) groups is 2. The average molecular weight is 553 g/mol. The van der Waals surface area contributed by atoms with Crippen molar-refractivity contribution in [3.63, 3.8) is 0 Å². The third-order valence-corrected chi connectivity index (χ3v) is 4.62. The molecule has 0 saturated carbocycles. The first-order chi connectivity index (χ1) is 18.8. The minimum Gasteiger partial charge on any atom is -0.493 e. The van der Waals surface area contributed by atoms with E-state index < -0.39 is 12.2 Å². The van der Waals surface area contributed by atoms with Gasteiger partial charge in [-0.15, -0.1) is 0 Å². The Labute approximate surface area is 229 Å². The SMILES string of the molecule is CCOC(=O)Nc1cc(OC)c(OC)c(OC)c1.CCOC(=O)Nc1cc(OCC)c(OCC)c(OCC)c1. The van der Waals surface area contributed by atoms with Gasteiger partial charge >= 0.3 is 12.2 Å². The molecule has 2 rings (SSSR count). The summed E-state index contributed by atoms with van der Waals surface area (Å²) in [4.78, 5) is 22.8. The second-order valence-corrected chi connectivity index (χ2v) is 7.21. The summed E-state index contributed by atoms with van der Waals surface area (Å²) in [6, 6.07) is 6.62. The van der Waals surface area contributed by atoms with Gasteiger partial charge in [0.15, 0.2) is 23.0 Å². The van der Waals surface area contributed by atoms with Crippen LogP contribution in [0.5, 0.6) is 34.5 Å². The van der Waals surface area contributed by atoms with Crippen LogP contribution in [-0.2, 0) is 9.47 Å². The van der Waals surface area contributed by atoms with Crippen molar-refractivity contribution in [2.24, 2.45) is 0 Å². The summed E-state index contributed by atoms with van der Waals surface area (Å²) >= 11 is 0. The Balaban J connectivity index is 0.000000395. The monoisotopic (exact) mass is 552 g/mol. The summed E-state index contributed by atoms with van der Waals surface area (Å²) in [5.74, 6) is 2.98. The third-order valence-electron chi connectivity index (χ3n) is 4.62. The second kappa shape index (κ2) is 18.1. The molecule has 0 aliphatic heterocycles. The maximum Gasteiger partial charge on any atom is 0.411 e. The van der Waals surface area contributed by atoms with Crippen molar-refractivity contribution in [1.82, 2.24) is 0 Å². The lowest BCUT2D eigenvalue weighted by molar-refractivity contribution is 0.167. The van der Waals surface area contributed by atoms with E-state index in [1.807, 2.05) is 20.8 Å². The van der Waals surface area contributed by atoms with Crippen molar-refractivity contribution in [2.75, 3.05) is 65.0 Å². The Kier molecular flexibility index (Phi) is 15.2. The molecule has 0 aliphatic rings. The first-order valence-electron chi connectivity index (χ1n) is 12.6. The Bertz CT molecular complexity index is 993. The minimum absolute atomic E-state index is 0.302. The highest BCUT2D eigenvalue weighted by Crippen LogP contribution is 2.41. The highest BCUT2D eigenvalue weighted by molar-refractivity contribution is 5.86. The molecule has 12 nitrogen and oxygen atoms in total. The molecule has 0 aromatic heterocycles. The van der Waals surface area contributed by atoms with Gasteiger partial charge in [0.25, 0.3) is 0 Å². The summed E-state index contributed by atoms with van der Waals surface area (Å²) in [6.07, 6.45) is -1.06. The van der Waals surface area contributed by atoms with Crippen LogP contribution in [0.4, 0.5) is 21.0 Å². The molecule has 0 unspecified atom stereocenters. The van der Waals surface area contributed by atoms with Crippen LogP contribution in [0, 0.1) is 0 Å². The third kappa shape index (κ3) is 10.6. The van der Waals surface area contributed by atoms with Crippen molar-refractivity contribution in [3.05, 3.63) is 24.3 Å². The van der Waals surface area contributed by atoms with E-state index in [2.05, 4.69) is 10.6 Å². The molecule has 0 saturated heterocycles. The molecular formula is C27H40N2O10. The van der Waals surface area contributed by atoms with Gasteiger partial charge in [-0.05, 0) is 34.6 Å². The molecule has 0 aliphatic carbocycles. The van der Waals surface area contributed by atoms with Crippen LogP contribution in [-0.4, -0.2) is 66.6 Å². The van der Waals surface area contributed by atoms with Gasteiger partial charge in [-0.1, -0.05) is 0 Å². The number of carbonyl (C=O) groups excluding carboxylic acids is 2. The lowest BCUT2D eigenvalue weighted by atomic mass is 10.2. The molecular weight excluding hydrogens is 512 g/mol. The number of amides is 2. The number of hydrogen-bond acceptors (Lipinski definition) is 10. The number of ether oxygens (including phenoxy) is 8. The molecule has 0 spiro atoms. The van der Waals surface area contributed by atoms with Crippen molar-refractivity contribution in [2.45, 2.75) is 34.6 Å². The largest absolute Gasteiger partial charge is 0.493 e. The van der Waals surface area contributed by atoms with Gasteiger partial charge in [-0.3, -0.25) is 10.6 Å². The van der Waals surface area contributed by atoms with Crippen molar-refractivity contribution in [1.29, 1.82) is 0 Å². The minimum atomic E-state index is -0.535. The Morgan fingerprint density at radius 2 is 0.923 bits per heavy atom. The zero-order valence-corrected chi connectivity index (χ0v) is 23.9. The van der Waals surface area contributed by atoms with Crippen LogP contribution < -0.4 is 39.1 Å². The fourth-order valence-electron chi connectivity index (χ4n) is 3.18. The smallest absolute Gasteiger partial charge is 0.411 e. The van der Waals surface area contributed by atoms with Gasteiger partial charge in [-0.2, -0.15) is 0 Å². The fraction of sp³-hybridized carbons (Fsp3) is 0.481. The number of benzene rings is 2. The normalized spacial score (nSPS) is 9.74. The van der Waals surface area contributed by atoms with Crippen LogP contribution >= 0.6 is 0 Å². The van der Waals surface area contributed by atoms with Crippen LogP contribution in [0.1, 0.15) is 34.6 Å². The summed E-state index contributed by atoms with van der Waals surface area (Å²) < 4.78 is 41.9. The molecule has 0 fully saturated rings. The molecule has 39 heavy (non-hydrogen) atoms. The molecule has 0 heterocycles. The second-order valence-electron chi connectivity index (χ2n) is 7.21. The van der Waals surface area contributed by atoms with Gasteiger partial charge < -0.3 is 37.9 Å². The van der Waals surface area contributed by atoms with Crippen molar-refractivity contribution in [3.8, 4) is 34.5 Å². The maximum absolute atomic E-state index is 11.5. The maximum atomic E-state index is 11.5. The van der Waals surface area contributed by atoms with Gasteiger partial charge in [0, 0.05) is 24.3 Å². The molecule has 2 aromatic rings. The van der Waals surface area contributed by atoms with Crippen molar-refractivity contribution < 1.29 is 47.5 Å². The molecule has 12 heteroatoms. The summed E-state index contributed by atoms with van der Waals surface area (Å²) in [6.45, 7) is 11.2. The number of hydrogen-bond donors (Lipinski definition) is 2. The van der Waals surface area contributed by atoms with Crippen LogP contribution in [0.15, 0.2) is 24.3 Å². The van der Waals surface area contributed by atoms with Gasteiger partial charge in [-0.25, -0.2) is 9.59 Å². The Hall–Kier alpha value is -4.22. The molecule has 0 bridgehead atoms. The highest BCUT2D eigenvalue weighted by Gasteiger charge is 2.17. The molecule has 0 atom stereocenters. The standard InChI is InChI=1S/C15H23NO5.C12H17NO5/c1-5-18-12-9-11(16-15(17)21-8-4)10-13(19-6-2)14(12)20-7-3;1-5-18-12(14)13-8-6-9(15-2)11(17-4)10(7-8)16-3/h9-10H,5-8H2,1-4H3,(H,16,17);6-7H,5H2,1-4H3,(H,13,14). The van der Waals surface area contributed by atoms with E-state index in [1.165, 1.54) is 21.3 Å². The first-order valence-corrected chi connectivity index (χ1v) is 12.6. The van der Waals surface area contributed by atoms with E-state index in [0.29, 0.717) is 78.9 Å². The number of methoxy groups -OCH3 is 3. The topological polar surface area (TPSA) is 132 Å². The quantitative estimate of drug-likeness (QED) is 0.317. The van der Waals surface area contributed by atoms with E-state index in [4.69, 9.17) is 37.9 Å². The van der Waals surface area contributed by atoms with Crippen LogP contribution in [0.25, 0.3) is 0 Å². The lowest BCUT2D eigenvalue weighted by Crippen LogP contribution is -2.14. The molecule has 2 amide bonds. The molecule has 0 radical (unpaired) electrons. The zero-order chi connectivity index (χ0) is 29.2. The molecule has 218 valence electrons. The zero-order valence-electron chi connectivity index (χ0n) is 23.9. The summed E-state index contributed by atoms with van der Waals surface area (Å²) in [7, 11) is 4.52. The Morgan fingerprint density at radius 3 is 1.23 bits per heavy atom. The van der Waals surface area contributed by atoms with Crippen molar-refractivity contribution >= 4 is 23.6 Å². The average Bonchev–Trinajstić information content (AvgIpc) is 2.91. The van der Waals surface area contributed by atoms with Crippen LogP contribution in [0.3, 0.4) is 0 Å². The predicted octanol–water partition coefficient (Wildman–Crippen LogP) is 5.73. The van der Waals surface area contributed by atoms with E-state index in [1.54, 1.807) is 38.1 Å². The predicted molar refractivity (Wildman–Crippen MR) is 147 cm³/mol. The van der Waals surface area contributed by atoms with Crippen LogP contribution in [0.2, 0.25) is 0 Å². The highest BCUT2D eigenvalue weighted by atomic mass is 16.6. The van der Waals surface area contributed by atoms with E-state index in [9.17, 15) is 9.59 Å². The van der Waals surface area contributed by atoms with Gasteiger partial charge in [0.2, 0.25) is 11.5 Å². The van der Waals surface area contributed by atoms with Gasteiger partial charge in [0.1, 0.15) is 0 Å². The number of anilines is 2. The first kappa shape index (κ1) is 32.8. The van der Waals surface area contributed by atoms with E-state index in [0.717, 1.165) is 0 Å². The summed E-state index contributed by atoms with van der Waals surface area (Å²) in [5.41, 5.74) is 1.03. The molecule has 2 N–H and O–H groups in total. The fourth-order valence-corrected chi connectivity index (χ4v) is 3.18. The molecule has 2 aromatic carbocycles. The van der Waals surface area contributed by atoms with E-state index >= 15 is 0 Å². The summed E-state index contributed by atoms with van der Waals surface area (Å²) in [5, 5.41) is 5.20.